The summed E-state index contributed by atoms with van der Waals surface area (Å²) in [5.41, 5.74) is 5.62. The summed E-state index contributed by atoms with van der Waals surface area (Å²) in [5, 5.41) is 2.86. The summed E-state index contributed by atoms with van der Waals surface area (Å²) in [5.74, 6) is -0.289. The molecule has 0 bridgehead atoms. The topological polar surface area (TPSA) is 75.3 Å². The van der Waals surface area contributed by atoms with E-state index in [4.69, 9.17) is 0 Å². The van der Waals surface area contributed by atoms with Crippen LogP contribution in [0.5, 0.6) is 0 Å². The lowest BCUT2D eigenvalue weighted by molar-refractivity contribution is 0.102. The Labute approximate surface area is 171 Å². The maximum atomic E-state index is 12.7. The van der Waals surface area contributed by atoms with Crippen LogP contribution in [-0.4, -0.2) is 14.3 Å². The number of hydrogen-bond acceptors (Lipinski definition) is 3. The van der Waals surface area contributed by atoms with E-state index in [9.17, 15) is 13.2 Å². The van der Waals surface area contributed by atoms with Crippen molar-refractivity contribution in [1.82, 2.24) is 0 Å². The van der Waals surface area contributed by atoms with Gasteiger partial charge < -0.3 is 5.32 Å². The van der Waals surface area contributed by atoms with Crippen LogP contribution in [0.4, 0.5) is 11.4 Å². The second-order valence-corrected chi connectivity index (χ2v) is 8.83. The van der Waals surface area contributed by atoms with Gasteiger partial charge in [-0.3, -0.25) is 9.52 Å². The summed E-state index contributed by atoms with van der Waals surface area (Å²) < 4.78 is 28.0. The fraction of sp³-hybridized carbons (Fsp3) is 0.174. The lowest BCUT2D eigenvalue weighted by Crippen LogP contribution is -2.15. The second-order valence-electron chi connectivity index (χ2n) is 7.15. The van der Waals surface area contributed by atoms with Gasteiger partial charge in [0.05, 0.1) is 10.6 Å². The number of nitrogens with one attached hydrogen (secondary N) is 2. The standard InChI is InChI=1S/C23H24N2O3S/c1-15-8-13-21(17(3)14-15)24-23(26)19-9-11-20(12-10-19)29(27,28)25-22-7-5-6-16(2)18(22)4/h5-14,25H,1-4H3,(H,24,26). The number of amides is 1. The van der Waals surface area contributed by atoms with Gasteiger partial charge in [-0.2, -0.15) is 0 Å². The van der Waals surface area contributed by atoms with Crippen LogP contribution in [0.2, 0.25) is 0 Å². The molecule has 0 aliphatic carbocycles. The van der Waals surface area contributed by atoms with Crippen molar-refractivity contribution >= 4 is 27.3 Å². The van der Waals surface area contributed by atoms with Crippen molar-refractivity contribution in [3.63, 3.8) is 0 Å². The molecule has 6 heteroatoms. The van der Waals surface area contributed by atoms with Gasteiger partial charge in [0.2, 0.25) is 0 Å². The number of rotatable bonds is 5. The summed E-state index contributed by atoms with van der Waals surface area (Å²) in [4.78, 5) is 12.6. The number of carbonyl (C=O) groups is 1. The molecule has 5 nitrogen and oxygen atoms in total. The van der Waals surface area contributed by atoms with E-state index in [2.05, 4.69) is 10.0 Å². The molecule has 0 aliphatic heterocycles. The Kier molecular flexibility index (Phi) is 5.75. The average molecular weight is 409 g/mol. The van der Waals surface area contributed by atoms with Gasteiger partial charge in [0, 0.05) is 11.3 Å². The fourth-order valence-corrected chi connectivity index (χ4v) is 4.12. The van der Waals surface area contributed by atoms with E-state index >= 15 is 0 Å². The molecule has 3 aromatic rings. The Morgan fingerprint density at radius 2 is 1.48 bits per heavy atom. The van der Waals surface area contributed by atoms with Crippen LogP contribution in [0.15, 0.2) is 65.6 Å². The van der Waals surface area contributed by atoms with Crippen LogP contribution in [0, 0.1) is 27.7 Å². The third-order valence-electron chi connectivity index (χ3n) is 4.91. The maximum absolute atomic E-state index is 12.7. The number of aryl methyl sites for hydroxylation is 3. The van der Waals surface area contributed by atoms with Crippen molar-refractivity contribution in [2.45, 2.75) is 32.6 Å². The summed E-state index contributed by atoms with van der Waals surface area (Å²) in [6.45, 7) is 7.71. The minimum absolute atomic E-state index is 0.0986. The molecule has 0 radical (unpaired) electrons. The smallest absolute Gasteiger partial charge is 0.261 e. The van der Waals surface area contributed by atoms with Crippen LogP contribution in [0.1, 0.15) is 32.6 Å². The highest BCUT2D eigenvalue weighted by Crippen LogP contribution is 2.23. The molecule has 0 fully saturated rings. The van der Waals surface area contributed by atoms with Crippen molar-refractivity contribution in [1.29, 1.82) is 0 Å². The molecule has 0 saturated carbocycles. The normalized spacial score (nSPS) is 11.2. The van der Waals surface area contributed by atoms with E-state index in [0.29, 0.717) is 11.3 Å². The number of hydrogen-bond donors (Lipinski definition) is 2. The molecular formula is C23H24N2O3S. The lowest BCUT2D eigenvalue weighted by atomic mass is 10.1. The first kappa shape index (κ1) is 20.6. The van der Waals surface area contributed by atoms with Crippen molar-refractivity contribution < 1.29 is 13.2 Å². The van der Waals surface area contributed by atoms with Crippen molar-refractivity contribution in [3.8, 4) is 0 Å². The van der Waals surface area contributed by atoms with E-state index in [-0.39, 0.29) is 10.8 Å². The molecule has 3 aromatic carbocycles. The van der Waals surface area contributed by atoms with Crippen molar-refractivity contribution in [2.24, 2.45) is 0 Å². The molecule has 2 N–H and O–H groups in total. The zero-order chi connectivity index (χ0) is 21.2. The van der Waals surface area contributed by atoms with Crippen LogP contribution in [0.25, 0.3) is 0 Å². The van der Waals surface area contributed by atoms with E-state index < -0.39 is 10.0 Å². The molecule has 0 saturated heterocycles. The largest absolute Gasteiger partial charge is 0.322 e. The Hall–Kier alpha value is -3.12. The van der Waals surface area contributed by atoms with Gasteiger partial charge in [-0.1, -0.05) is 29.8 Å². The molecule has 0 atom stereocenters. The molecule has 0 unspecified atom stereocenters. The molecule has 29 heavy (non-hydrogen) atoms. The third-order valence-corrected chi connectivity index (χ3v) is 6.29. The molecule has 0 aliphatic rings. The van der Waals surface area contributed by atoms with E-state index in [1.54, 1.807) is 12.1 Å². The number of sulfonamides is 1. The first-order valence-corrected chi connectivity index (χ1v) is 10.7. The van der Waals surface area contributed by atoms with Crippen molar-refractivity contribution in [2.75, 3.05) is 10.0 Å². The SMILES string of the molecule is Cc1ccc(NC(=O)c2ccc(S(=O)(=O)Nc3cccc(C)c3C)cc2)c(C)c1. The highest BCUT2D eigenvalue weighted by Gasteiger charge is 2.17. The Morgan fingerprint density at radius 1 is 0.793 bits per heavy atom. The average Bonchev–Trinajstić information content (AvgIpc) is 2.67. The zero-order valence-corrected chi connectivity index (χ0v) is 17.7. The van der Waals surface area contributed by atoms with Gasteiger partial charge in [-0.15, -0.1) is 0 Å². The quantitative estimate of drug-likeness (QED) is 0.626. The lowest BCUT2D eigenvalue weighted by Gasteiger charge is -2.13. The Morgan fingerprint density at radius 3 is 2.14 bits per heavy atom. The predicted molar refractivity (Wildman–Crippen MR) is 117 cm³/mol. The fourth-order valence-electron chi connectivity index (χ4n) is 3.00. The van der Waals surface area contributed by atoms with E-state index in [0.717, 1.165) is 27.9 Å². The molecule has 0 aromatic heterocycles. The molecule has 3 rings (SSSR count). The van der Waals surface area contributed by atoms with Crippen LogP contribution in [0.3, 0.4) is 0 Å². The first-order chi connectivity index (χ1) is 13.7. The van der Waals surface area contributed by atoms with Gasteiger partial charge in [0.15, 0.2) is 0 Å². The van der Waals surface area contributed by atoms with Crippen LogP contribution < -0.4 is 10.0 Å². The van der Waals surface area contributed by atoms with Crippen LogP contribution in [-0.2, 0) is 10.0 Å². The predicted octanol–water partition coefficient (Wildman–Crippen LogP) is 4.97. The van der Waals surface area contributed by atoms with Gasteiger partial charge in [-0.25, -0.2) is 8.42 Å². The van der Waals surface area contributed by atoms with E-state index in [1.165, 1.54) is 24.3 Å². The molecular weight excluding hydrogens is 384 g/mol. The summed E-state index contributed by atoms with van der Waals surface area (Å²) in [6, 6.07) is 17.1. The minimum atomic E-state index is -3.75. The monoisotopic (exact) mass is 408 g/mol. The van der Waals surface area contributed by atoms with Crippen molar-refractivity contribution in [3.05, 3.63) is 88.5 Å². The molecule has 0 spiro atoms. The number of benzene rings is 3. The first-order valence-electron chi connectivity index (χ1n) is 9.25. The summed E-state index contributed by atoms with van der Waals surface area (Å²) in [6.07, 6.45) is 0. The Balaban J connectivity index is 1.78. The zero-order valence-electron chi connectivity index (χ0n) is 16.9. The third kappa shape index (κ3) is 4.66. The number of anilines is 2. The summed E-state index contributed by atoms with van der Waals surface area (Å²) >= 11 is 0. The molecule has 150 valence electrons. The second kappa shape index (κ2) is 8.09. The van der Waals surface area contributed by atoms with Gasteiger partial charge in [0.1, 0.15) is 0 Å². The van der Waals surface area contributed by atoms with Crippen LogP contribution >= 0.6 is 0 Å². The molecule has 0 heterocycles. The van der Waals surface area contributed by atoms with E-state index in [1.807, 2.05) is 52.0 Å². The Bertz CT molecular complexity index is 1170. The maximum Gasteiger partial charge on any atom is 0.261 e. The highest BCUT2D eigenvalue weighted by molar-refractivity contribution is 7.92. The highest BCUT2D eigenvalue weighted by atomic mass is 32.2. The molecule has 1 amide bonds. The van der Waals surface area contributed by atoms with Gasteiger partial charge in [-0.05, 0) is 80.8 Å². The summed E-state index contributed by atoms with van der Waals surface area (Å²) in [7, 11) is -3.75. The van der Waals surface area contributed by atoms with Gasteiger partial charge >= 0.3 is 0 Å². The number of carbonyl (C=O) groups excluding carboxylic acids is 1. The minimum Gasteiger partial charge on any atom is -0.322 e. The van der Waals surface area contributed by atoms with Gasteiger partial charge in [0.25, 0.3) is 15.9 Å².